The van der Waals surface area contributed by atoms with Crippen molar-refractivity contribution in [1.82, 2.24) is 5.32 Å². The molecule has 7 nitrogen and oxygen atoms in total. The van der Waals surface area contributed by atoms with Crippen LogP contribution in [0, 0.1) is 0 Å². The first-order chi connectivity index (χ1) is 9.03. The quantitative estimate of drug-likeness (QED) is 0.697. The second-order valence-electron chi connectivity index (χ2n) is 3.64. The summed E-state index contributed by atoms with van der Waals surface area (Å²) in [6.07, 6.45) is 0. The maximum Gasteiger partial charge on any atom is 0.337 e. The van der Waals surface area contributed by atoms with E-state index in [4.69, 9.17) is 14.6 Å². The molecule has 19 heavy (non-hydrogen) atoms. The van der Waals surface area contributed by atoms with Crippen LogP contribution in [0.5, 0.6) is 11.5 Å². The number of hydrogen-bond acceptors (Lipinski definition) is 5. The zero-order valence-electron chi connectivity index (χ0n) is 10.9. The van der Waals surface area contributed by atoms with E-state index in [1.807, 2.05) is 0 Å². The minimum atomic E-state index is -1.17. The molecule has 0 aliphatic rings. The van der Waals surface area contributed by atoms with Crippen molar-refractivity contribution in [2.45, 2.75) is 0 Å². The topological polar surface area (TPSA) is 96.9 Å². The van der Waals surface area contributed by atoms with Gasteiger partial charge >= 0.3 is 5.97 Å². The molecule has 0 aromatic heterocycles. The predicted octanol–water partition coefficient (Wildman–Crippen LogP) is 0.560. The number of nitrogens with one attached hydrogen (secondary N) is 2. The summed E-state index contributed by atoms with van der Waals surface area (Å²) in [4.78, 5) is 22.7. The maximum atomic E-state index is 11.5. The molecule has 3 N–H and O–H groups in total. The fourth-order valence-electron chi connectivity index (χ4n) is 1.51. The van der Waals surface area contributed by atoms with Crippen LogP contribution in [-0.2, 0) is 4.79 Å². The van der Waals surface area contributed by atoms with Crippen molar-refractivity contribution in [3.63, 3.8) is 0 Å². The monoisotopic (exact) mass is 268 g/mol. The number of ether oxygens (including phenoxy) is 2. The first-order valence-corrected chi connectivity index (χ1v) is 5.47. The number of aromatic carboxylic acids is 1. The molecule has 104 valence electrons. The summed E-state index contributed by atoms with van der Waals surface area (Å²) in [5.41, 5.74) is 0.0903. The van der Waals surface area contributed by atoms with Gasteiger partial charge in [0.25, 0.3) is 0 Å². The summed E-state index contributed by atoms with van der Waals surface area (Å²) in [5.74, 6) is -0.892. The average molecular weight is 268 g/mol. The molecular weight excluding hydrogens is 252 g/mol. The molecule has 1 rings (SSSR count). The Bertz CT molecular complexity index is 487. The van der Waals surface area contributed by atoms with Gasteiger partial charge in [0.1, 0.15) is 0 Å². The Balaban J connectivity index is 3.19. The van der Waals surface area contributed by atoms with Gasteiger partial charge in [-0.05, 0) is 7.05 Å². The summed E-state index contributed by atoms with van der Waals surface area (Å²) in [5, 5.41) is 14.3. The van der Waals surface area contributed by atoms with Crippen molar-refractivity contribution in [1.29, 1.82) is 0 Å². The van der Waals surface area contributed by atoms with Crippen LogP contribution in [-0.4, -0.2) is 44.8 Å². The number of likely N-dealkylation sites (N-methyl/N-ethyl adjacent to an activating group) is 1. The van der Waals surface area contributed by atoms with Gasteiger partial charge in [-0.25, -0.2) is 4.79 Å². The van der Waals surface area contributed by atoms with E-state index in [-0.39, 0.29) is 29.5 Å². The maximum absolute atomic E-state index is 11.5. The van der Waals surface area contributed by atoms with E-state index in [0.29, 0.717) is 5.75 Å². The Morgan fingerprint density at radius 1 is 1.21 bits per heavy atom. The minimum absolute atomic E-state index is 0.0675. The average Bonchev–Trinajstić information content (AvgIpc) is 2.38. The second-order valence-corrected chi connectivity index (χ2v) is 3.64. The number of carboxylic acid groups (broad SMARTS) is 1. The highest BCUT2D eigenvalue weighted by atomic mass is 16.5. The molecule has 7 heteroatoms. The Labute approximate surface area is 110 Å². The normalized spacial score (nSPS) is 9.84. The summed E-state index contributed by atoms with van der Waals surface area (Å²) in [6, 6.07) is 2.71. The summed E-state index contributed by atoms with van der Waals surface area (Å²) in [7, 11) is 4.45. The van der Waals surface area contributed by atoms with E-state index in [2.05, 4.69) is 10.6 Å². The van der Waals surface area contributed by atoms with Crippen molar-refractivity contribution in [3.8, 4) is 11.5 Å². The number of rotatable bonds is 6. The summed E-state index contributed by atoms with van der Waals surface area (Å²) < 4.78 is 10.1. The van der Waals surface area contributed by atoms with E-state index < -0.39 is 5.97 Å². The Morgan fingerprint density at radius 2 is 1.79 bits per heavy atom. The largest absolute Gasteiger partial charge is 0.493 e. The van der Waals surface area contributed by atoms with Gasteiger partial charge in [0, 0.05) is 12.1 Å². The van der Waals surface area contributed by atoms with Gasteiger partial charge in [0.05, 0.1) is 32.0 Å². The predicted molar refractivity (Wildman–Crippen MR) is 69.1 cm³/mol. The highest BCUT2D eigenvalue weighted by molar-refractivity contribution is 6.02. The molecule has 0 bridgehead atoms. The number of methoxy groups -OCH3 is 2. The van der Waals surface area contributed by atoms with E-state index >= 15 is 0 Å². The van der Waals surface area contributed by atoms with E-state index in [9.17, 15) is 9.59 Å². The molecule has 0 unspecified atom stereocenters. The molecule has 0 aliphatic carbocycles. The molecule has 0 spiro atoms. The third kappa shape index (κ3) is 3.59. The van der Waals surface area contributed by atoms with E-state index in [0.717, 1.165) is 0 Å². The lowest BCUT2D eigenvalue weighted by molar-refractivity contribution is -0.115. The van der Waals surface area contributed by atoms with E-state index in [1.54, 1.807) is 7.05 Å². The third-order valence-electron chi connectivity index (χ3n) is 2.37. The summed E-state index contributed by atoms with van der Waals surface area (Å²) >= 11 is 0. The van der Waals surface area contributed by atoms with Crippen LogP contribution in [0.3, 0.4) is 0 Å². The van der Waals surface area contributed by atoms with Crippen LogP contribution < -0.4 is 20.1 Å². The van der Waals surface area contributed by atoms with Crippen LogP contribution in [0.2, 0.25) is 0 Å². The lowest BCUT2D eigenvalue weighted by Crippen LogP contribution is -2.26. The van der Waals surface area contributed by atoms with Gasteiger partial charge in [-0.15, -0.1) is 0 Å². The highest BCUT2D eigenvalue weighted by Crippen LogP contribution is 2.33. The zero-order chi connectivity index (χ0) is 14.4. The van der Waals surface area contributed by atoms with Crippen molar-refractivity contribution >= 4 is 17.6 Å². The number of amides is 1. The van der Waals surface area contributed by atoms with Crippen LogP contribution in [0.4, 0.5) is 5.69 Å². The van der Waals surface area contributed by atoms with Crippen LogP contribution in [0.15, 0.2) is 12.1 Å². The fraction of sp³-hybridized carbons (Fsp3) is 0.333. The third-order valence-corrected chi connectivity index (χ3v) is 2.37. The van der Waals surface area contributed by atoms with Crippen molar-refractivity contribution in [2.75, 3.05) is 33.1 Å². The number of hydrogen-bond donors (Lipinski definition) is 3. The van der Waals surface area contributed by atoms with Crippen LogP contribution >= 0.6 is 0 Å². The molecule has 0 fully saturated rings. The molecular formula is C12H16N2O5. The first kappa shape index (κ1) is 14.8. The Kier molecular flexibility index (Phi) is 5.13. The Morgan fingerprint density at radius 3 is 2.26 bits per heavy atom. The van der Waals surface area contributed by atoms with Crippen LogP contribution in [0.25, 0.3) is 0 Å². The SMILES string of the molecule is CNCC(=O)Nc1cc(OC)c(OC)cc1C(=O)O. The first-order valence-electron chi connectivity index (χ1n) is 5.47. The Hall–Kier alpha value is -2.28. The van der Waals surface area contributed by atoms with Gasteiger partial charge in [0.15, 0.2) is 11.5 Å². The minimum Gasteiger partial charge on any atom is -0.493 e. The van der Waals surface area contributed by atoms with E-state index in [1.165, 1.54) is 26.4 Å². The molecule has 1 amide bonds. The number of carboxylic acids is 1. The molecule has 0 heterocycles. The van der Waals surface area contributed by atoms with Gasteiger partial charge < -0.3 is 25.2 Å². The lowest BCUT2D eigenvalue weighted by Gasteiger charge is -2.13. The van der Waals surface area contributed by atoms with Gasteiger partial charge in [-0.3, -0.25) is 4.79 Å². The molecule has 0 radical (unpaired) electrons. The van der Waals surface area contributed by atoms with Crippen LogP contribution in [0.1, 0.15) is 10.4 Å². The van der Waals surface area contributed by atoms with Gasteiger partial charge in [0.2, 0.25) is 5.91 Å². The summed E-state index contributed by atoms with van der Waals surface area (Å²) in [6.45, 7) is 0.0768. The molecule has 1 aromatic carbocycles. The standard InChI is InChI=1S/C12H16N2O5/c1-13-6-11(15)14-8-5-10(19-3)9(18-2)4-7(8)12(16)17/h4-5,13H,6H2,1-3H3,(H,14,15)(H,16,17). The zero-order valence-corrected chi connectivity index (χ0v) is 10.9. The number of carbonyl (C=O) groups excluding carboxylic acids is 1. The molecule has 0 saturated heterocycles. The van der Waals surface area contributed by atoms with Gasteiger partial charge in [-0.1, -0.05) is 0 Å². The second kappa shape index (κ2) is 6.60. The fourth-order valence-corrected chi connectivity index (χ4v) is 1.51. The van der Waals surface area contributed by atoms with Gasteiger partial charge in [-0.2, -0.15) is 0 Å². The molecule has 0 aliphatic heterocycles. The lowest BCUT2D eigenvalue weighted by atomic mass is 10.1. The molecule has 1 aromatic rings. The van der Waals surface area contributed by atoms with Crippen molar-refractivity contribution < 1.29 is 24.2 Å². The number of carbonyl (C=O) groups is 2. The molecule has 0 saturated carbocycles. The number of anilines is 1. The number of benzene rings is 1. The van der Waals surface area contributed by atoms with Crippen molar-refractivity contribution in [2.24, 2.45) is 0 Å². The smallest absolute Gasteiger partial charge is 0.337 e. The highest BCUT2D eigenvalue weighted by Gasteiger charge is 2.17. The van der Waals surface area contributed by atoms with Crippen molar-refractivity contribution in [3.05, 3.63) is 17.7 Å². The molecule has 0 atom stereocenters.